The number of halogens is 1. The number of esters is 1. The third kappa shape index (κ3) is 10.6. The lowest BCUT2D eigenvalue weighted by molar-refractivity contribution is -0.121. The maximum Gasteiger partial charge on any atom is 0.343 e. The first kappa shape index (κ1) is 25.6. The van der Waals surface area contributed by atoms with Crippen LogP contribution < -0.4 is 10.2 Å². The van der Waals surface area contributed by atoms with Gasteiger partial charge >= 0.3 is 5.97 Å². The van der Waals surface area contributed by atoms with Crippen molar-refractivity contribution < 1.29 is 14.3 Å². The van der Waals surface area contributed by atoms with E-state index in [0.29, 0.717) is 22.8 Å². The van der Waals surface area contributed by atoms with E-state index in [4.69, 9.17) is 16.3 Å². The molecular formula is C26H33ClN2O3. The SMILES string of the molecule is CCCCCCCCCCCC(=O)NN=Cc1ccc(OC(=O)c2ccc(Cl)cc2)cc1. The lowest BCUT2D eigenvalue weighted by atomic mass is 10.1. The molecule has 1 amide bonds. The van der Waals surface area contributed by atoms with Crippen molar-refractivity contribution in [2.24, 2.45) is 5.10 Å². The zero-order chi connectivity index (χ0) is 23.0. The third-order valence-corrected chi connectivity index (χ3v) is 5.33. The van der Waals surface area contributed by atoms with Crippen LogP contribution >= 0.6 is 11.6 Å². The Bertz CT molecular complexity index is 848. The normalized spacial score (nSPS) is 10.9. The van der Waals surface area contributed by atoms with Crippen LogP contribution in [0.2, 0.25) is 5.02 Å². The van der Waals surface area contributed by atoms with E-state index in [1.807, 2.05) is 0 Å². The maximum atomic E-state index is 12.1. The summed E-state index contributed by atoms with van der Waals surface area (Å²) in [7, 11) is 0. The van der Waals surface area contributed by atoms with Gasteiger partial charge in [-0.15, -0.1) is 0 Å². The Hall–Kier alpha value is -2.66. The van der Waals surface area contributed by atoms with Gasteiger partial charge in [0.05, 0.1) is 11.8 Å². The number of amides is 1. The lowest BCUT2D eigenvalue weighted by Crippen LogP contribution is -2.16. The molecule has 0 atom stereocenters. The van der Waals surface area contributed by atoms with E-state index in [2.05, 4.69) is 17.5 Å². The number of ether oxygens (including phenoxy) is 1. The van der Waals surface area contributed by atoms with Crippen LogP contribution in [0.1, 0.15) is 87.1 Å². The molecule has 32 heavy (non-hydrogen) atoms. The highest BCUT2D eigenvalue weighted by Gasteiger charge is 2.08. The van der Waals surface area contributed by atoms with Gasteiger partial charge in [0.15, 0.2) is 0 Å². The Labute approximate surface area is 196 Å². The van der Waals surface area contributed by atoms with E-state index in [1.54, 1.807) is 54.7 Å². The Morgan fingerprint density at radius 1 is 0.875 bits per heavy atom. The summed E-state index contributed by atoms with van der Waals surface area (Å²) in [6.45, 7) is 2.23. The number of nitrogens with zero attached hydrogens (tertiary/aromatic N) is 1. The largest absolute Gasteiger partial charge is 0.423 e. The number of hydrogen-bond donors (Lipinski definition) is 1. The number of carbonyl (C=O) groups is 2. The highest BCUT2D eigenvalue weighted by Crippen LogP contribution is 2.15. The summed E-state index contributed by atoms with van der Waals surface area (Å²) in [5.41, 5.74) is 3.78. The second kappa shape index (κ2) is 15.2. The van der Waals surface area contributed by atoms with Crippen LogP contribution in [-0.2, 0) is 4.79 Å². The van der Waals surface area contributed by atoms with Gasteiger partial charge in [-0.1, -0.05) is 69.9 Å². The van der Waals surface area contributed by atoms with E-state index in [9.17, 15) is 9.59 Å². The van der Waals surface area contributed by atoms with Crippen molar-refractivity contribution in [2.75, 3.05) is 0 Å². The van der Waals surface area contributed by atoms with Crippen LogP contribution in [0.3, 0.4) is 0 Å². The maximum absolute atomic E-state index is 12.1. The van der Waals surface area contributed by atoms with Gasteiger partial charge in [-0.05, 0) is 60.5 Å². The van der Waals surface area contributed by atoms with Crippen LogP contribution in [0.15, 0.2) is 53.6 Å². The van der Waals surface area contributed by atoms with Gasteiger partial charge in [0.2, 0.25) is 5.91 Å². The zero-order valence-corrected chi connectivity index (χ0v) is 19.6. The molecule has 0 bridgehead atoms. The van der Waals surface area contributed by atoms with Gasteiger partial charge in [0.1, 0.15) is 5.75 Å². The molecule has 0 aromatic heterocycles. The Morgan fingerprint density at radius 3 is 2.09 bits per heavy atom. The van der Waals surface area contributed by atoms with Crippen LogP contribution in [-0.4, -0.2) is 18.1 Å². The molecule has 6 heteroatoms. The van der Waals surface area contributed by atoms with Gasteiger partial charge in [0.25, 0.3) is 0 Å². The van der Waals surface area contributed by atoms with Crippen molar-refractivity contribution in [3.8, 4) is 5.75 Å². The Balaban J connectivity index is 1.61. The third-order valence-electron chi connectivity index (χ3n) is 5.08. The molecule has 172 valence electrons. The second-order valence-electron chi connectivity index (χ2n) is 7.84. The summed E-state index contributed by atoms with van der Waals surface area (Å²) < 4.78 is 5.34. The first-order valence-corrected chi connectivity index (χ1v) is 11.9. The average Bonchev–Trinajstić information content (AvgIpc) is 2.79. The van der Waals surface area contributed by atoms with Gasteiger partial charge in [-0.25, -0.2) is 10.2 Å². The van der Waals surface area contributed by atoms with Crippen molar-refractivity contribution >= 4 is 29.7 Å². The average molecular weight is 457 g/mol. The molecule has 0 spiro atoms. The summed E-state index contributed by atoms with van der Waals surface area (Å²) in [5, 5.41) is 4.56. The van der Waals surface area contributed by atoms with Crippen molar-refractivity contribution in [1.82, 2.24) is 5.43 Å². The van der Waals surface area contributed by atoms with Gasteiger partial charge < -0.3 is 4.74 Å². The molecule has 0 saturated heterocycles. The first-order valence-electron chi connectivity index (χ1n) is 11.5. The van der Waals surface area contributed by atoms with E-state index in [-0.39, 0.29) is 5.91 Å². The highest BCUT2D eigenvalue weighted by atomic mass is 35.5. The molecule has 0 unspecified atom stereocenters. The lowest BCUT2D eigenvalue weighted by Gasteiger charge is -2.05. The summed E-state index contributed by atoms with van der Waals surface area (Å²) in [4.78, 5) is 24.0. The van der Waals surface area contributed by atoms with Gasteiger partial charge in [-0.3, -0.25) is 4.79 Å². The van der Waals surface area contributed by atoms with Crippen molar-refractivity contribution in [1.29, 1.82) is 0 Å². The number of rotatable bonds is 14. The zero-order valence-electron chi connectivity index (χ0n) is 18.8. The predicted molar refractivity (Wildman–Crippen MR) is 130 cm³/mol. The Kier molecular flexibility index (Phi) is 12.2. The van der Waals surface area contributed by atoms with Gasteiger partial charge in [-0.2, -0.15) is 5.10 Å². The molecule has 0 radical (unpaired) electrons. The highest BCUT2D eigenvalue weighted by molar-refractivity contribution is 6.30. The summed E-state index contributed by atoms with van der Waals surface area (Å²) in [6.07, 6.45) is 13.1. The smallest absolute Gasteiger partial charge is 0.343 e. The van der Waals surface area contributed by atoms with Crippen molar-refractivity contribution in [3.63, 3.8) is 0 Å². The molecule has 0 fully saturated rings. The van der Waals surface area contributed by atoms with E-state index in [1.165, 1.54) is 44.9 Å². The minimum absolute atomic E-state index is 0.0716. The number of nitrogens with one attached hydrogen (secondary N) is 1. The van der Waals surface area contributed by atoms with Crippen molar-refractivity contribution in [3.05, 3.63) is 64.7 Å². The quantitative estimate of drug-likeness (QED) is 0.110. The molecule has 0 saturated carbocycles. The number of unbranched alkanes of at least 4 members (excludes halogenated alkanes) is 8. The minimum atomic E-state index is -0.452. The van der Waals surface area contributed by atoms with E-state index >= 15 is 0 Å². The predicted octanol–water partition coefficient (Wildman–Crippen LogP) is 6.93. The standard InChI is InChI=1S/C26H33ClN2O3/c1-2-3-4-5-6-7-8-9-10-11-25(30)29-28-20-21-12-18-24(19-13-21)32-26(31)22-14-16-23(27)17-15-22/h12-20H,2-11H2,1H3,(H,29,30). The molecule has 0 aliphatic carbocycles. The number of hydrogen-bond acceptors (Lipinski definition) is 4. The fraction of sp³-hybridized carbons (Fsp3) is 0.423. The second-order valence-corrected chi connectivity index (χ2v) is 8.27. The molecular weight excluding hydrogens is 424 g/mol. The van der Waals surface area contributed by atoms with Crippen molar-refractivity contribution in [2.45, 2.75) is 71.1 Å². The Morgan fingerprint density at radius 2 is 1.47 bits per heavy atom. The molecule has 2 aromatic carbocycles. The molecule has 0 aliphatic heterocycles. The summed E-state index contributed by atoms with van der Waals surface area (Å²) in [6, 6.07) is 13.4. The molecule has 2 rings (SSSR count). The van der Waals surface area contributed by atoms with Gasteiger partial charge in [0, 0.05) is 11.4 Å². The van der Waals surface area contributed by atoms with Crippen LogP contribution in [0.4, 0.5) is 0 Å². The topological polar surface area (TPSA) is 67.8 Å². The summed E-state index contributed by atoms with van der Waals surface area (Å²) >= 11 is 5.83. The molecule has 0 heterocycles. The molecule has 1 N–H and O–H groups in total. The van der Waals surface area contributed by atoms with E-state index < -0.39 is 5.97 Å². The molecule has 2 aromatic rings. The minimum Gasteiger partial charge on any atom is -0.423 e. The molecule has 5 nitrogen and oxygen atoms in total. The summed E-state index contributed by atoms with van der Waals surface area (Å²) in [5.74, 6) is -0.0963. The fourth-order valence-electron chi connectivity index (χ4n) is 3.20. The monoisotopic (exact) mass is 456 g/mol. The fourth-order valence-corrected chi connectivity index (χ4v) is 3.33. The number of benzene rings is 2. The number of hydrazone groups is 1. The molecule has 0 aliphatic rings. The van der Waals surface area contributed by atoms with E-state index in [0.717, 1.165) is 18.4 Å². The van der Waals surface area contributed by atoms with Crippen LogP contribution in [0, 0.1) is 0 Å². The first-order chi connectivity index (χ1) is 15.6. The number of carbonyl (C=O) groups excluding carboxylic acids is 2. The van der Waals surface area contributed by atoms with Crippen LogP contribution in [0.25, 0.3) is 0 Å². The van der Waals surface area contributed by atoms with Crippen LogP contribution in [0.5, 0.6) is 5.75 Å².